The lowest BCUT2D eigenvalue weighted by molar-refractivity contribution is 0.490. The Morgan fingerprint density at radius 3 is 2.70 bits per heavy atom. The Morgan fingerprint density at radius 2 is 2.50 bits per heavy atom. The molecule has 0 spiro atoms. The molecule has 0 aromatic carbocycles. The van der Waals surface area contributed by atoms with E-state index in [-0.39, 0.29) is 6.04 Å². The average molecular weight is 161 g/mol. The van der Waals surface area contributed by atoms with E-state index in [4.69, 9.17) is 10.6 Å². The summed E-state index contributed by atoms with van der Waals surface area (Å²) in [6.45, 7) is 1.36. The predicted molar refractivity (Wildman–Crippen MR) is 41.0 cm³/mol. The molecule has 1 unspecified atom stereocenters. The number of hydrogen-bond donors (Lipinski definition) is 2. The number of hydrogen-bond acceptors (Lipinski definition) is 2. The fourth-order valence-electron chi connectivity index (χ4n) is 1.06. The number of nitrogens with two attached hydrogens (primary N) is 1. The topological polar surface area (TPSA) is 63.3 Å². The summed E-state index contributed by atoms with van der Waals surface area (Å²) in [4.78, 5) is 9.07. The van der Waals surface area contributed by atoms with Crippen molar-refractivity contribution in [1.82, 2.24) is 0 Å². The third-order valence-electron chi connectivity index (χ3n) is 1.66. The van der Waals surface area contributed by atoms with E-state index < -0.39 is 7.37 Å². The summed E-state index contributed by atoms with van der Waals surface area (Å²) in [7, 11) is -2.97. The molecule has 0 saturated heterocycles. The highest BCUT2D eigenvalue weighted by molar-refractivity contribution is 7.61. The minimum Gasteiger partial charge on any atom is -0.341 e. The third kappa shape index (κ3) is 1.69. The summed E-state index contributed by atoms with van der Waals surface area (Å²) in [5.41, 5.74) is 5.54. The van der Waals surface area contributed by atoms with E-state index >= 15 is 0 Å². The highest BCUT2D eigenvalue weighted by Crippen LogP contribution is 2.49. The number of rotatable bonds is 1. The van der Waals surface area contributed by atoms with E-state index in [1.807, 2.05) is 0 Å². The van der Waals surface area contributed by atoms with E-state index in [0.29, 0.717) is 11.7 Å². The van der Waals surface area contributed by atoms with Gasteiger partial charge in [0.1, 0.15) is 0 Å². The second kappa shape index (κ2) is 2.50. The molecule has 3 N–H and O–H groups in total. The van der Waals surface area contributed by atoms with Gasteiger partial charge in [0, 0.05) is 18.0 Å². The minimum atomic E-state index is -2.97. The molecule has 1 aliphatic carbocycles. The zero-order valence-electron chi connectivity index (χ0n) is 5.95. The smallest absolute Gasteiger partial charge is 0.222 e. The van der Waals surface area contributed by atoms with Gasteiger partial charge in [0.25, 0.3) is 0 Å². The van der Waals surface area contributed by atoms with Gasteiger partial charge in [-0.25, -0.2) is 0 Å². The first-order valence-corrected chi connectivity index (χ1v) is 5.36. The molecule has 0 saturated carbocycles. The van der Waals surface area contributed by atoms with Gasteiger partial charge in [-0.05, 0) is 12.8 Å². The molecule has 10 heavy (non-hydrogen) atoms. The van der Waals surface area contributed by atoms with Crippen LogP contribution in [0.4, 0.5) is 0 Å². The largest absolute Gasteiger partial charge is 0.341 e. The van der Waals surface area contributed by atoms with Gasteiger partial charge in [-0.1, -0.05) is 6.08 Å². The molecular weight excluding hydrogens is 149 g/mol. The van der Waals surface area contributed by atoms with E-state index in [2.05, 4.69) is 0 Å². The van der Waals surface area contributed by atoms with Crippen LogP contribution in [0.25, 0.3) is 0 Å². The highest BCUT2D eigenvalue weighted by Gasteiger charge is 2.23. The van der Waals surface area contributed by atoms with Gasteiger partial charge in [-0.15, -0.1) is 0 Å². The molecule has 2 atom stereocenters. The first-order valence-electron chi connectivity index (χ1n) is 3.25. The Kier molecular flexibility index (Phi) is 1.99. The average Bonchev–Trinajstić information content (AvgIpc) is 2.11. The van der Waals surface area contributed by atoms with Crippen molar-refractivity contribution in [1.29, 1.82) is 0 Å². The first-order chi connectivity index (χ1) is 4.50. The van der Waals surface area contributed by atoms with Crippen LogP contribution in [0, 0.1) is 0 Å². The maximum Gasteiger partial charge on any atom is 0.222 e. The fraction of sp³-hybridized carbons (Fsp3) is 0.667. The van der Waals surface area contributed by atoms with Gasteiger partial charge in [0.2, 0.25) is 7.37 Å². The van der Waals surface area contributed by atoms with Crippen LogP contribution >= 0.6 is 7.37 Å². The second-order valence-corrected chi connectivity index (χ2v) is 5.11. The predicted octanol–water partition coefficient (Wildman–Crippen LogP) is 0.892. The maximum absolute atomic E-state index is 11.0. The van der Waals surface area contributed by atoms with Gasteiger partial charge >= 0.3 is 0 Å². The molecule has 0 bridgehead atoms. The molecule has 0 aromatic rings. The second-order valence-electron chi connectivity index (χ2n) is 2.77. The van der Waals surface area contributed by atoms with Gasteiger partial charge in [0.05, 0.1) is 0 Å². The van der Waals surface area contributed by atoms with E-state index in [9.17, 15) is 4.57 Å². The van der Waals surface area contributed by atoms with Crippen LogP contribution in [-0.2, 0) is 4.57 Å². The molecular formula is C6H12NO2P. The van der Waals surface area contributed by atoms with Crippen LogP contribution < -0.4 is 5.73 Å². The summed E-state index contributed by atoms with van der Waals surface area (Å²) in [6, 6.07) is 0.0652. The van der Waals surface area contributed by atoms with Crippen LogP contribution in [0.2, 0.25) is 0 Å². The molecule has 0 heterocycles. The molecule has 58 valence electrons. The lowest BCUT2D eigenvalue weighted by Crippen LogP contribution is -2.14. The highest BCUT2D eigenvalue weighted by atomic mass is 31.2. The van der Waals surface area contributed by atoms with Crippen molar-refractivity contribution in [3.05, 3.63) is 11.4 Å². The molecule has 4 heteroatoms. The molecule has 0 radical (unpaired) electrons. The van der Waals surface area contributed by atoms with Crippen molar-refractivity contribution in [2.24, 2.45) is 5.73 Å². The van der Waals surface area contributed by atoms with E-state index in [1.54, 1.807) is 6.08 Å². The summed E-state index contributed by atoms with van der Waals surface area (Å²) >= 11 is 0. The molecule has 3 nitrogen and oxygen atoms in total. The summed E-state index contributed by atoms with van der Waals surface area (Å²) in [6.07, 6.45) is 3.11. The monoisotopic (exact) mass is 161 g/mol. The van der Waals surface area contributed by atoms with Gasteiger partial charge in [-0.3, -0.25) is 4.57 Å². The Morgan fingerprint density at radius 1 is 1.90 bits per heavy atom. The molecule has 0 amide bonds. The summed E-state index contributed by atoms with van der Waals surface area (Å²) in [5, 5.41) is 0.639. The quantitative estimate of drug-likeness (QED) is 0.561. The standard InChI is InChI=1S/C6H12NO2P/c1-10(8,9)6-3-2-5(7)4-6/h3,5H,2,4,7H2,1H3,(H,8,9)/t5-/m1/s1. The van der Waals surface area contributed by atoms with Crippen molar-refractivity contribution < 1.29 is 9.46 Å². The summed E-state index contributed by atoms with van der Waals surface area (Å²) < 4.78 is 11.0. The van der Waals surface area contributed by atoms with Crippen LogP contribution in [0.3, 0.4) is 0 Å². The Balaban J connectivity index is 2.69. The van der Waals surface area contributed by atoms with Crippen LogP contribution in [0.15, 0.2) is 11.4 Å². The van der Waals surface area contributed by atoms with E-state index in [0.717, 1.165) is 6.42 Å². The zero-order valence-corrected chi connectivity index (χ0v) is 6.84. The van der Waals surface area contributed by atoms with Crippen molar-refractivity contribution >= 4 is 7.37 Å². The summed E-state index contributed by atoms with van der Waals surface area (Å²) in [5.74, 6) is 0. The van der Waals surface area contributed by atoms with Crippen LogP contribution in [0.1, 0.15) is 12.8 Å². The normalized spacial score (nSPS) is 31.5. The Hall–Kier alpha value is -0.110. The van der Waals surface area contributed by atoms with Crippen molar-refractivity contribution in [3.8, 4) is 0 Å². The van der Waals surface area contributed by atoms with Gasteiger partial charge in [0.15, 0.2) is 0 Å². The van der Waals surface area contributed by atoms with E-state index in [1.165, 1.54) is 6.66 Å². The molecule has 0 aromatic heterocycles. The first kappa shape index (κ1) is 7.99. The van der Waals surface area contributed by atoms with Crippen molar-refractivity contribution in [2.75, 3.05) is 6.66 Å². The molecule has 1 aliphatic rings. The third-order valence-corrected chi connectivity index (χ3v) is 3.09. The molecule has 0 fully saturated rings. The SMILES string of the molecule is CP(=O)(O)C1=CC[C@@H](N)C1. The Labute approximate surface area is 60.4 Å². The Bertz CT molecular complexity index is 206. The fourth-order valence-corrected chi connectivity index (χ4v) is 2.08. The van der Waals surface area contributed by atoms with Gasteiger partial charge < -0.3 is 10.6 Å². The van der Waals surface area contributed by atoms with Crippen LogP contribution in [0.5, 0.6) is 0 Å². The van der Waals surface area contributed by atoms with Crippen molar-refractivity contribution in [3.63, 3.8) is 0 Å². The molecule has 0 aliphatic heterocycles. The van der Waals surface area contributed by atoms with Gasteiger partial charge in [-0.2, -0.15) is 0 Å². The van der Waals surface area contributed by atoms with Crippen molar-refractivity contribution in [2.45, 2.75) is 18.9 Å². The lowest BCUT2D eigenvalue weighted by atomic mass is 10.3. The lowest BCUT2D eigenvalue weighted by Gasteiger charge is -2.06. The molecule has 1 rings (SSSR count). The minimum absolute atomic E-state index is 0.0652. The van der Waals surface area contributed by atoms with Crippen LogP contribution in [-0.4, -0.2) is 17.6 Å². The zero-order chi connectivity index (χ0) is 7.78. The maximum atomic E-state index is 11.0.